The number of para-hydroxylation sites is 1. The lowest BCUT2D eigenvalue weighted by Crippen LogP contribution is -2.14. The average Bonchev–Trinajstić information content (AvgIpc) is 2.49. The first kappa shape index (κ1) is 15.2. The summed E-state index contributed by atoms with van der Waals surface area (Å²) < 4.78 is 5.16. The standard InChI is InChI=1S/C15H11ClN2O2S/c1-20-13-4-2-3-9(8-17)14(13)18-15(19)11-7-10(21)5-6-12(11)16/h2-7,21H,1H3,(H,18,19). The van der Waals surface area contributed by atoms with Crippen LogP contribution >= 0.6 is 24.2 Å². The van der Waals surface area contributed by atoms with Crippen molar-refractivity contribution >= 4 is 35.8 Å². The monoisotopic (exact) mass is 318 g/mol. The van der Waals surface area contributed by atoms with Gasteiger partial charge in [-0.05, 0) is 30.3 Å². The van der Waals surface area contributed by atoms with Crippen molar-refractivity contribution in [3.8, 4) is 11.8 Å². The summed E-state index contributed by atoms with van der Waals surface area (Å²) in [6, 6.07) is 11.8. The predicted octanol–water partition coefficient (Wildman–Crippen LogP) is 3.76. The maximum absolute atomic E-state index is 12.3. The number of carbonyl (C=O) groups excluding carboxylic acids is 1. The van der Waals surface area contributed by atoms with Crippen LogP contribution in [0, 0.1) is 11.3 Å². The van der Waals surface area contributed by atoms with Crippen molar-refractivity contribution in [2.24, 2.45) is 0 Å². The van der Waals surface area contributed by atoms with Gasteiger partial charge >= 0.3 is 0 Å². The summed E-state index contributed by atoms with van der Waals surface area (Å²) in [5.74, 6) is -0.0301. The highest BCUT2D eigenvalue weighted by Gasteiger charge is 2.16. The third-order valence-corrected chi connectivity index (χ3v) is 3.41. The van der Waals surface area contributed by atoms with Gasteiger partial charge in [0.1, 0.15) is 17.5 Å². The van der Waals surface area contributed by atoms with Gasteiger partial charge in [-0.3, -0.25) is 4.79 Å². The van der Waals surface area contributed by atoms with Gasteiger partial charge < -0.3 is 10.1 Å². The fourth-order valence-electron chi connectivity index (χ4n) is 1.79. The maximum atomic E-state index is 12.3. The van der Waals surface area contributed by atoms with E-state index in [1.807, 2.05) is 6.07 Å². The molecule has 0 unspecified atom stereocenters. The minimum Gasteiger partial charge on any atom is -0.495 e. The van der Waals surface area contributed by atoms with Gasteiger partial charge in [-0.25, -0.2) is 0 Å². The summed E-state index contributed by atoms with van der Waals surface area (Å²) >= 11 is 10.2. The second-order valence-electron chi connectivity index (χ2n) is 4.11. The Labute approximate surface area is 132 Å². The van der Waals surface area contributed by atoms with E-state index in [2.05, 4.69) is 17.9 Å². The molecule has 0 aliphatic heterocycles. The Morgan fingerprint density at radius 2 is 2.14 bits per heavy atom. The van der Waals surface area contributed by atoms with Crippen molar-refractivity contribution < 1.29 is 9.53 Å². The first-order valence-corrected chi connectivity index (χ1v) is 6.76. The van der Waals surface area contributed by atoms with Gasteiger partial charge in [0.25, 0.3) is 5.91 Å². The molecule has 1 N–H and O–H groups in total. The van der Waals surface area contributed by atoms with Gasteiger partial charge in [0.15, 0.2) is 0 Å². The number of thiol groups is 1. The quantitative estimate of drug-likeness (QED) is 0.847. The van der Waals surface area contributed by atoms with Crippen LogP contribution < -0.4 is 10.1 Å². The van der Waals surface area contributed by atoms with E-state index >= 15 is 0 Å². The Balaban J connectivity index is 2.41. The molecule has 2 rings (SSSR count). The van der Waals surface area contributed by atoms with Crippen LogP contribution in [0.5, 0.6) is 5.75 Å². The van der Waals surface area contributed by atoms with Crippen LogP contribution in [0.1, 0.15) is 15.9 Å². The molecule has 2 aromatic rings. The zero-order valence-electron chi connectivity index (χ0n) is 11.1. The summed E-state index contributed by atoms with van der Waals surface area (Å²) in [7, 11) is 1.47. The largest absolute Gasteiger partial charge is 0.495 e. The number of nitriles is 1. The first-order valence-electron chi connectivity index (χ1n) is 5.93. The molecule has 0 heterocycles. The Morgan fingerprint density at radius 3 is 2.81 bits per heavy atom. The van der Waals surface area contributed by atoms with E-state index in [4.69, 9.17) is 21.6 Å². The number of methoxy groups -OCH3 is 1. The lowest BCUT2D eigenvalue weighted by Gasteiger charge is -2.12. The summed E-state index contributed by atoms with van der Waals surface area (Å²) in [4.78, 5) is 12.9. The number of nitrogens with zero attached hydrogens (tertiary/aromatic N) is 1. The van der Waals surface area contributed by atoms with E-state index in [9.17, 15) is 4.79 Å². The number of halogens is 1. The Hall–Kier alpha value is -2.16. The van der Waals surface area contributed by atoms with Crippen LogP contribution in [0.25, 0.3) is 0 Å². The SMILES string of the molecule is COc1cccc(C#N)c1NC(=O)c1cc(S)ccc1Cl. The van der Waals surface area contributed by atoms with Crippen LogP contribution in [-0.4, -0.2) is 13.0 Å². The van der Waals surface area contributed by atoms with Crippen molar-refractivity contribution in [2.75, 3.05) is 12.4 Å². The molecule has 1 amide bonds. The number of amides is 1. The lowest BCUT2D eigenvalue weighted by atomic mass is 10.1. The molecular weight excluding hydrogens is 308 g/mol. The first-order chi connectivity index (χ1) is 10.1. The molecule has 0 aromatic heterocycles. The van der Waals surface area contributed by atoms with E-state index in [1.165, 1.54) is 7.11 Å². The molecule has 0 fully saturated rings. The lowest BCUT2D eigenvalue weighted by molar-refractivity contribution is 0.102. The molecule has 6 heteroatoms. The second-order valence-corrected chi connectivity index (χ2v) is 5.04. The molecule has 0 spiro atoms. The summed E-state index contributed by atoms with van der Waals surface area (Å²) in [5, 5.41) is 12.1. The third kappa shape index (κ3) is 3.30. The smallest absolute Gasteiger partial charge is 0.257 e. The van der Waals surface area contributed by atoms with Crippen molar-refractivity contribution in [1.82, 2.24) is 0 Å². The number of benzene rings is 2. The summed E-state index contributed by atoms with van der Waals surface area (Å²) in [6.45, 7) is 0. The normalized spacial score (nSPS) is 9.81. The summed E-state index contributed by atoms with van der Waals surface area (Å²) in [6.07, 6.45) is 0. The zero-order valence-corrected chi connectivity index (χ0v) is 12.7. The molecule has 0 radical (unpaired) electrons. The minimum absolute atomic E-state index is 0.277. The fourth-order valence-corrected chi connectivity index (χ4v) is 2.20. The number of carbonyl (C=O) groups is 1. The van der Waals surface area contributed by atoms with E-state index in [-0.39, 0.29) is 5.56 Å². The van der Waals surface area contributed by atoms with Crippen LogP contribution in [0.4, 0.5) is 5.69 Å². The van der Waals surface area contributed by atoms with Crippen molar-refractivity contribution in [2.45, 2.75) is 4.90 Å². The second kappa shape index (κ2) is 6.53. The topological polar surface area (TPSA) is 62.1 Å². The van der Waals surface area contributed by atoms with Crippen LogP contribution in [0.2, 0.25) is 5.02 Å². The van der Waals surface area contributed by atoms with Gasteiger partial charge in [0, 0.05) is 4.90 Å². The Morgan fingerprint density at radius 1 is 1.38 bits per heavy atom. The molecular formula is C15H11ClN2O2S. The van der Waals surface area contributed by atoms with E-state index < -0.39 is 5.91 Å². The fraction of sp³-hybridized carbons (Fsp3) is 0.0667. The van der Waals surface area contributed by atoms with E-state index in [0.29, 0.717) is 26.9 Å². The molecule has 106 valence electrons. The molecule has 0 bridgehead atoms. The average molecular weight is 319 g/mol. The number of ether oxygens (including phenoxy) is 1. The van der Waals surface area contributed by atoms with Crippen molar-refractivity contribution in [1.29, 1.82) is 5.26 Å². The van der Waals surface area contributed by atoms with Gasteiger partial charge in [0.2, 0.25) is 0 Å². The highest BCUT2D eigenvalue weighted by Crippen LogP contribution is 2.29. The molecule has 0 atom stereocenters. The van der Waals surface area contributed by atoms with Crippen LogP contribution in [0.15, 0.2) is 41.3 Å². The zero-order chi connectivity index (χ0) is 15.4. The summed E-state index contributed by atoms with van der Waals surface area (Å²) in [5.41, 5.74) is 0.896. The molecule has 4 nitrogen and oxygen atoms in total. The van der Waals surface area contributed by atoms with Gasteiger partial charge in [-0.15, -0.1) is 12.6 Å². The molecule has 0 aliphatic rings. The molecule has 0 saturated heterocycles. The highest BCUT2D eigenvalue weighted by atomic mass is 35.5. The number of hydrogen-bond acceptors (Lipinski definition) is 4. The number of nitrogens with one attached hydrogen (secondary N) is 1. The third-order valence-electron chi connectivity index (χ3n) is 2.80. The van der Waals surface area contributed by atoms with Crippen molar-refractivity contribution in [3.05, 3.63) is 52.5 Å². The van der Waals surface area contributed by atoms with Crippen LogP contribution in [0.3, 0.4) is 0 Å². The maximum Gasteiger partial charge on any atom is 0.257 e. The Bertz CT molecular complexity index is 741. The highest BCUT2D eigenvalue weighted by molar-refractivity contribution is 7.80. The molecule has 2 aromatic carbocycles. The number of rotatable bonds is 3. The molecule has 0 aliphatic carbocycles. The van der Waals surface area contributed by atoms with Gasteiger partial charge in [-0.2, -0.15) is 5.26 Å². The van der Waals surface area contributed by atoms with Gasteiger partial charge in [-0.1, -0.05) is 17.7 Å². The van der Waals surface area contributed by atoms with Crippen molar-refractivity contribution in [3.63, 3.8) is 0 Å². The number of anilines is 1. The minimum atomic E-state index is -0.433. The van der Waals surface area contributed by atoms with Crippen LogP contribution in [-0.2, 0) is 0 Å². The Kier molecular flexibility index (Phi) is 4.73. The molecule has 21 heavy (non-hydrogen) atoms. The van der Waals surface area contributed by atoms with E-state index in [1.54, 1.807) is 36.4 Å². The predicted molar refractivity (Wildman–Crippen MR) is 84.4 cm³/mol. The van der Waals surface area contributed by atoms with Gasteiger partial charge in [0.05, 0.1) is 23.3 Å². The number of hydrogen-bond donors (Lipinski definition) is 2. The molecule has 0 saturated carbocycles. The van der Waals surface area contributed by atoms with E-state index in [0.717, 1.165) is 0 Å².